The molecular formula is C15H28N4O2S. The second-order valence-corrected chi connectivity index (χ2v) is 6.51. The van der Waals surface area contributed by atoms with Crippen molar-refractivity contribution in [3.8, 4) is 0 Å². The number of nitrogens with zero attached hydrogens (tertiary/aromatic N) is 3. The van der Waals surface area contributed by atoms with Gasteiger partial charge in [0.1, 0.15) is 0 Å². The summed E-state index contributed by atoms with van der Waals surface area (Å²) in [7, 11) is 5.68. The van der Waals surface area contributed by atoms with E-state index < -0.39 is 0 Å². The van der Waals surface area contributed by atoms with E-state index in [1.807, 2.05) is 0 Å². The summed E-state index contributed by atoms with van der Waals surface area (Å²) in [5.74, 6) is 2.28. The Morgan fingerprint density at radius 3 is 2.50 bits per heavy atom. The summed E-state index contributed by atoms with van der Waals surface area (Å²) < 4.78 is 0. The Bertz CT molecular complexity index is 431. The van der Waals surface area contributed by atoms with Crippen LogP contribution in [0.3, 0.4) is 0 Å². The van der Waals surface area contributed by atoms with Crippen LogP contribution in [0.25, 0.3) is 0 Å². The zero-order valence-electron chi connectivity index (χ0n) is 14.3. The minimum atomic E-state index is -0.377. The van der Waals surface area contributed by atoms with Gasteiger partial charge < -0.3 is 10.2 Å². The first kappa shape index (κ1) is 20.7. The van der Waals surface area contributed by atoms with E-state index in [-0.39, 0.29) is 11.5 Å². The standard InChI is InChI=1S/C15H28N4O2S/c1-13(10-18(4)5)6-7-14(2)12-22-9-8-17-15(16-3)11-19(20)21/h6-7H,8-12H2,1-5H3,(H,16,17). The van der Waals surface area contributed by atoms with Crippen LogP contribution in [0, 0.1) is 10.1 Å². The molecule has 0 aromatic carbocycles. The zero-order valence-corrected chi connectivity index (χ0v) is 15.1. The van der Waals surface area contributed by atoms with E-state index in [1.54, 1.807) is 18.8 Å². The molecule has 6 nitrogen and oxygen atoms in total. The van der Waals surface area contributed by atoms with Crippen LogP contribution in [0.2, 0.25) is 0 Å². The van der Waals surface area contributed by atoms with E-state index in [1.165, 1.54) is 11.1 Å². The molecule has 0 amide bonds. The van der Waals surface area contributed by atoms with Crippen LogP contribution in [0.1, 0.15) is 13.8 Å². The van der Waals surface area contributed by atoms with Gasteiger partial charge in [-0.05, 0) is 27.9 Å². The first-order valence-electron chi connectivity index (χ1n) is 7.22. The lowest BCUT2D eigenvalue weighted by atomic mass is 10.2. The number of nitro groups is 1. The minimum Gasteiger partial charge on any atom is -0.368 e. The topological polar surface area (TPSA) is 70.8 Å². The molecule has 0 radical (unpaired) electrons. The molecule has 0 unspecified atom stereocenters. The maximum Gasteiger partial charge on any atom is 0.259 e. The first-order valence-corrected chi connectivity index (χ1v) is 8.37. The highest BCUT2D eigenvalue weighted by atomic mass is 32.2. The van der Waals surface area contributed by atoms with Crippen LogP contribution >= 0.6 is 11.8 Å². The Morgan fingerprint density at radius 2 is 1.95 bits per heavy atom. The van der Waals surface area contributed by atoms with Gasteiger partial charge in [-0.25, -0.2) is 0 Å². The molecule has 22 heavy (non-hydrogen) atoms. The number of hydrogen-bond acceptors (Lipinski definition) is 5. The molecule has 0 aliphatic carbocycles. The van der Waals surface area contributed by atoms with Crippen molar-refractivity contribution in [1.29, 1.82) is 0 Å². The van der Waals surface area contributed by atoms with E-state index in [4.69, 9.17) is 0 Å². The molecule has 0 bridgehead atoms. The summed E-state index contributed by atoms with van der Waals surface area (Å²) in [5, 5.41) is 13.4. The number of nitrogens with one attached hydrogen (secondary N) is 1. The molecule has 0 aliphatic rings. The van der Waals surface area contributed by atoms with Crippen LogP contribution < -0.4 is 5.32 Å². The van der Waals surface area contributed by atoms with Crippen molar-refractivity contribution in [2.24, 2.45) is 4.99 Å². The quantitative estimate of drug-likeness (QED) is 0.166. The number of likely N-dealkylation sites (N-methyl/N-ethyl adjacent to an activating group) is 1. The lowest BCUT2D eigenvalue weighted by Crippen LogP contribution is -2.31. The van der Waals surface area contributed by atoms with Gasteiger partial charge in [-0.15, -0.1) is 0 Å². The third kappa shape index (κ3) is 12.4. The van der Waals surface area contributed by atoms with Crippen LogP contribution in [0.5, 0.6) is 0 Å². The van der Waals surface area contributed by atoms with Crippen LogP contribution in [0.4, 0.5) is 0 Å². The highest BCUT2D eigenvalue weighted by Gasteiger charge is 2.04. The highest BCUT2D eigenvalue weighted by molar-refractivity contribution is 7.99. The lowest BCUT2D eigenvalue weighted by Gasteiger charge is -2.09. The molecule has 0 heterocycles. The van der Waals surface area contributed by atoms with Gasteiger partial charge in [0.15, 0.2) is 5.84 Å². The van der Waals surface area contributed by atoms with Crippen molar-refractivity contribution >= 4 is 17.6 Å². The second-order valence-electron chi connectivity index (χ2n) is 5.40. The van der Waals surface area contributed by atoms with Gasteiger partial charge in [0.25, 0.3) is 6.54 Å². The third-order valence-corrected chi connectivity index (χ3v) is 3.82. The summed E-state index contributed by atoms with van der Waals surface area (Å²) in [4.78, 5) is 16.0. The molecule has 0 saturated carbocycles. The Hall–Kier alpha value is -1.34. The predicted octanol–water partition coefficient (Wildman–Crippen LogP) is 2.07. The molecule has 0 spiro atoms. The van der Waals surface area contributed by atoms with Gasteiger partial charge in [-0.3, -0.25) is 15.1 Å². The molecule has 0 rings (SSSR count). The normalized spacial score (nSPS) is 13.6. The molecule has 0 atom stereocenters. The second kappa shape index (κ2) is 12.2. The number of amidine groups is 1. The fraction of sp³-hybridized carbons (Fsp3) is 0.667. The summed E-state index contributed by atoms with van der Waals surface area (Å²) in [6, 6.07) is 0. The summed E-state index contributed by atoms with van der Waals surface area (Å²) in [5.41, 5.74) is 2.65. The lowest BCUT2D eigenvalue weighted by molar-refractivity contribution is -0.463. The van der Waals surface area contributed by atoms with Crippen molar-refractivity contribution in [3.05, 3.63) is 33.4 Å². The number of thioether (sulfide) groups is 1. The van der Waals surface area contributed by atoms with Gasteiger partial charge in [0.2, 0.25) is 0 Å². The molecule has 0 aromatic rings. The third-order valence-electron chi connectivity index (χ3n) is 2.67. The van der Waals surface area contributed by atoms with E-state index in [9.17, 15) is 10.1 Å². The number of hydrogen-bond donors (Lipinski definition) is 1. The number of allylic oxidation sites excluding steroid dienone is 2. The SMILES string of the molecule is CN=C(C[N+](=O)[O-])NCCSCC(C)=CC=C(C)CN(C)C. The van der Waals surface area contributed by atoms with Gasteiger partial charge in [0.05, 0.1) is 0 Å². The molecule has 0 saturated heterocycles. The Morgan fingerprint density at radius 1 is 1.32 bits per heavy atom. The molecule has 0 aliphatic heterocycles. The molecule has 0 fully saturated rings. The average molecular weight is 328 g/mol. The minimum absolute atomic E-state index is 0.240. The molecular weight excluding hydrogens is 300 g/mol. The van der Waals surface area contributed by atoms with Crippen molar-refractivity contribution in [3.63, 3.8) is 0 Å². The summed E-state index contributed by atoms with van der Waals surface area (Å²) in [6.45, 7) is 5.66. The molecule has 7 heteroatoms. The van der Waals surface area contributed by atoms with Crippen molar-refractivity contribution in [1.82, 2.24) is 10.2 Å². The van der Waals surface area contributed by atoms with Gasteiger partial charge in [-0.2, -0.15) is 11.8 Å². The monoisotopic (exact) mass is 328 g/mol. The molecule has 126 valence electrons. The zero-order chi connectivity index (χ0) is 17.0. The molecule has 0 aromatic heterocycles. The Labute approximate surface area is 137 Å². The van der Waals surface area contributed by atoms with Crippen LogP contribution in [-0.2, 0) is 0 Å². The summed E-state index contributed by atoms with van der Waals surface area (Å²) in [6.07, 6.45) is 4.32. The maximum atomic E-state index is 10.4. The van der Waals surface area contributed by atoms with E-state index in [0.717, 1.165) is 18.1 Å². The fourth-order valence-electron chi connectivity index (χ4n) is 1.71. The number of aliphatic imine (C=N–C) groups is 1. The van der Waals surface area contributed by atoms with E-state index in [2.05, 4.69) is 55.3 Å². The van der Waals surface area contributed by atoms with E-state index in [0.29, 0.717) is 12.4 Å². The Balaban J connectivity index is 3.93. The fourth-order valence-corrected chi connectivity index (χ4v) is 2.52. The van der Waals surface area contributed by atoms with Crippen LogP contribution in [0.15, 0.2) is 28.3 Å². The number of rotatable bonds is 10. The van der Waals surface area contributed by atoms with Crippen molar-refractivity contribution < 1.29 is 4.92 Å². The summed E-state index contributed by atoms with van der Waals surface area (Å²) >= 11 is 1.80. The Kier molecular flexibility index (Phi) is 11.5. The largest absolute Gasteiger partial charge is 0.368 e. The predicted molar refractivity (Wildman–Crippen MR) is 96.6 cm³/mol. The maximum absolute atomic E-state index is 10.4. The highest BCUT2D eigenvalue weighted by Crippen LogP contribution is 2.07. The smallest absolute Gasteiger partial charge is 0.259 e. The first-order chi connectivity index (χ1) is 10.3. The van der Waals surface area contributed by atoms with Crippen molar-refractivity contribution in [2.45, 2.75) is 13.8 Å². The van der Waals surface area contributed by atoms with Gasteiger partial charge in [0, 0.05) is 36.6 Å². The average Bonchev–Trinajstić information content (AvgIpc) is 2.42. The molecule has 1 N–H and O–H groups in total. The van der Waals surface area contributed by atoms with E-state index >= 15 is 0 Å². The van der Waals surface area contributed by atoms with Crippen molar-refractivity contribution in [2.75, 3.05) is 52.3 Å². The van der Waals surface area contributed by atoms with Gasteiger partial charge in [-0.1, -0.05) is 23.3 Å². The van der Waals surface area contributed by atoms with Gasteiger partial charge >= 0.3 is 0 Å². The van der Waals surface area contributed by atoms with Crippen LogP contribution in [-0.4, -0.2) is 67.9 Å².